The minimum atomic E-state index is 0.305. The summed E-state index contributed by atoms with van der Waals surface area (Å²) >= 11 is 1.74. The fourth-order valence-corrected chi connectivity index (χ4v) is 4.37. The molecule has 6 nitrogen and oxygen atoms in total. The largest absolute Gasteiger partial charge is 0.343 e. The van der Waals surface area contributed by atoms with Crippen LogP contribution in [0.1, 0.15) is 56.6 Å². The standard InChI is InChI=1S/C18H31N5OS/c1-3-23-16(14-21-9-4-5-10-21)19-20-18(23)15-6-11-22(12-7-15)17(24)8-13-25-2/h15H,3-14H2,1-2H3. The summed E-state index contributed by atoms with van der Waals surface area (Å²) in [5, 5.41) is 9.06. The lowest BCUT2D eigenvalue weighted by Gasteiger charge is -2.31. The van der Waals surface area contributed by atoms with Crippen LogP contribution in [0.3, 0.4) is 0 Å². The van der Waals surface area contributed by atoms with Crippen molar-refractivity contribution in [3.63, 3.8) is 0 Å². The second-order valence-corrected chi connectivity index (χ2v) is 8.09. The van der Waals surface area contributed by atoms with Gasteiger partial charge in [-0.05, 0) is 52.0 Å². The van der Waals surface area contributed by atoms with Crippen LogP contribution in [-0.2, 0) is 17.9 Å². The molecule has 0 atom stereocenters. The number of hydrogen-bond donors (Lipinski definition) is 0. The second kappa shape index (κ2) is 9.03. The zero-order valence-electron chi connectivity index (χ0n) is 15.6. The highest BCUT2D eigenvalue weighted by atomic mass is 32.2. The lowest BCUT2D eigenvalue weighted by molar-refractivity contribution is -0.131. The summed E-state index contributed by atoms with van der Waals surface area (Å²) in [4.78, 5) is 16.7. The van der Waals surface area contributed by atoms with Crippen molar-refractivity contribution in [2.75, 3.05) is 38.2 Å². The summed E-state index contributed by atoms with van der Waals surface area (Å²) in [7, 11) is 0. The molecule has 0 spiro atoms. The highest BCUT2D eigenvalue weighted by molar-refractivity contribution is 7.98. The van der Waals surface area contributed by atoms with Gasteiger partial charge in [-0.25, -0.2) is 0 Å². The fourth-order valence-electron chi connectivity index (χ4n) is 3.99. The molecule has 7 heteroatoms. The van der Waals surface area contributed by atoms with Crippen molar-refractivity contribution in [1.29, 1.82) is 0 Å². The molecule has 1 amide bonds. The van der Waals surface area contributed by atoms with Gasteiger partial charge in [0.2, 0.25) is 5.91 Å². The number of aromatic nitrogens is 3. The van der Waals surface area contributed by atoms with E-state index in [1.807, 2.05) is 4.90 Å². The van der Waals surface area contributed by atoms with Gasteiger partial charge in [0.1, 0.15) is 11.6 Å². The van der Waals surface area contributed by atoms with Crippen LogP contribution in [0.5, 0.6) is 0 Å². The van der Waals surface area contributed by atoms with Crippen molar-refractivity contribution in [1.82, 2.24) is 24.6 Å². The Morgan fingerprint density at radius 3 is 2.52 bits per heavy atom. The van der Waals surface area contributed by atoms with Gasteiger partial charge in [0.15, 0.2) is 0 Å². The molecule has 2 saturated heterocycles. The van der Waals surface area contributed by atoms with E-state index in [9.17, 15) is 4.79 Å². The lowest BCUT2D eigenvalue weighted by Crippen LogP contribution is -2.38. The molecular weight excluding hydrogens is 334 g/mol. The SMILES string of the molecule is CCn1c(CN2CCCC2)nnc1C1CCN(C(=O)CCSC)CC1. The summed E-state index contributed by atoms with van der Waals surface area (Å²) in [5.74, 6) is 3.90. The average Bonchev–Trinajstić information content (AvgIpc) is 3.29. The molecule has 140 valence electrons. The number of hydrogen-bond acceptors (Lipinski definition) is 5. The van der Waals surface area contributed by atoms with Gasteiger partial charge in [-0.3, -0.25) is 9.69 Å². The predicted octanol–water partition coefficient (Wildman–Crippen LogP) is 2.35. The van der Waals surface area contributed by atoms with E-state index in [0.717, 1.165) is 56.4 Å². The van der Waals surface area contributed by atoms with Gasteiger partial charge in [0.05, 0.1) is 6.54 Å². The second-order valence-electron chi connectivity index (χ2n) is 7.10. The van der Waals surface area contributed by atoms with E-state index < -0.39 is 0 Å². The van der Waals surface area contributed by atoms with Crippen molar-refractivity contribution in [3.05, 3.63) is 11.6 Å². The van der Waals surface area contributed by atoms with E-state index in [1.165, 1.54) is 25.9 Å². The maximum atomic E-state index is 12.2. The first-order valence-corrected chi connectivity index (χ1v) is 11.0. The Balaban J connectivity index is 1.59. The molecule has 1 aromatic heterocycles. The molecule has 2 aliphatic rings. The Bertz CT molecular complexity index is 562. The zero-order chi connectivity index (χ0) is 17.6. The highest BCUT2D eigenvalue weighted by Gasteiger charge is 2.28. The first-order chi connectivity index (χ1) is 12.2. The molecule has 0 bridgehead atoms. The maximum absolute atomic E-state index is 12.2. The van der Waals surface area contributed by atoms with E-state index in [0.29, 0.717) is 18.2 Å². The molecule has 3 rings (SSSR count). The predicted molar refractivity (Wildman–Crippen MR) is 102 cm³/mol. The van der Waals surface area contributed by atoms with E-state index in [1.54, 1.807) is 11.8 Å². The number of amides is 1. The third-order valence-electron chi connectivity index (χ3n) is 5.47. The summed E-state index contributed by atoms with van der Waals surface area (Å²) in [6.45, 7) is 8.11. The molecule has 0 radical (unpaired) electrons. The Morgan fingerprint density at radius 1 is 1.16 bits per heavy atom. The number of rotatable bonds is 7. The van der Waals surface area contributed by atoms with E-state index in [4.69, 9.17) is 0 Å². The minimum Gasteiger partial charge on any atom is -0.343 e. The van der Waals surface area contributed by atoms with E-state index in [2.05, 4.69) is 32.8 Å². The Morgan fingerprint density at radius 2 is 1.88 bits per heavy atom. The van der Waals surface area contributed by atoms with Crippen molar-refractivity contribution in [2.24, 2.45) is 0 Å². The molecule has 1 aromatic rings. The van der Waals surface area contributed by atoms with Crippen molar-refractivity contribution in [3.8, 4) is 0 Å². The molecule has 25 heavy (non-hydrogen) atoms. The lowest BCUT2D eigenvalue weighted by atomic mass is 9.95. The van der Waals surface area contributed by atoms with Crippen LogP contribution < -0.4 is 0 Å². The number of carbonyl (C=O) groups is 1. The Kier molecular flexibility index (Phi) is 6.76. The molecule has 0 aromatic carbocycles. The van der Waals surface area contributed by atoms with E-state index >= 15 is 0 Å². The van der Waals surface area contributed by atoms with Gasteiger partial charge < -0.3 is 9.47 Å². The van der Waals surface area contributed by atoms with Crippen molar-refractivity contribution < 1.29 is 4.79 Å². The molecular formula is C18H31N5OS. The molecule has 0 unspecified atom stereocenters. The third-order valence-corrected chi connectivity index (χ3v) is 6.08. The topological polar surface area (TPSA) is 54.3 Å². The molecule has 0 saturated carbocycles. The first-order valence-electron chi connectivity index (χ1n) is 9.64. The van der Waals surface area contributed by atoms with Gasteiger partial charge in [-0.2, -0.15) is 11.8 Å². The third kappa shape index (κ3) is 4.56. The number of likely N-dealkylation sites (tertiary alicyclic amines) is 2. The fraction of sp³-hybridized carbons (Fsp3) is 0.833. The molecule has 3 heterocycles. The monoisotopic (exact) mass is 365 g/mol. The van der Waals surface area contributed by atoms with E-state index in [-0.39, 0.29) is 0 Å². The van der Waals surface area contributed by atoms with Crippen LogP contribution in [0.15, 0.2) is 0 Å². The molecule has 2 aliphatic heterocycles. The number of carbonyl (C=O) groups excluding carboxylic acids is 1. The summed E-state index contributed by atoms with van der Waals surface area (Å²) in [6.07, 6.45) is 7.33. The van der Waals surface area contributed by atoms with Crippen molar-refractivity contribution >= 4 is 17.7 Å². The van der Waals surface area contributed by atoms with Gasteiger partial charge in [0.25, 0.3) is 0 Å². The van der Waals surface area contributed by atoms with Crippen LogP contribution in [-0.4, -0.2) is 68.7 Å². The summed E-state index contributed by atoms with van der Waals surface area (Å²) in [5.41, 5.74) is 0. The van der Waals surface area contributed by atoms with Gasteiger partial charge >= 0.3 is 0 Å². The molecule has 2 fully saturated rings. The molecule has 0 N–H and O–H groups in total. The molecule has 0 aliphatic carbocycles. The average molecular weight is 366 g/mol. The maximum Gasteiger partial charge on any atom is 0.223 e. The Hall–Kier alpha value is -1.08. The zero-order valence-corrected chi connectivity index (χ0v) is 16.4. The number of thioether (sulfide) groups is 1. The van der Waals surface area contributed by atoms with Gasteiger partial charge in [-0.1, -0.05) is 0 Å². The van der Waals surface area contributed by atoms with Crippen LogP contribution in [0.2, 0.25) is 0 Å². The Labute approximate surface area is 155 Å². The normalized spacial score (nSPS) is 19.7. The van der Waals surface area contributed by atoms with Gasteiger partial charge in [-0.15, -0.1) is 10.2 Å². The summed E-state index contributed by atoms with van der Waals surface area (Å²) < 4.78 is 2.31. The van der Waals surface area contributed by atoms with Crippen molar-refractivity contribution in [2.45, 2.75) is 58.0 Å². The minimum absolute atomic E-state index is 0.305. The van der Waals surface area contributed by atoms with Crippen LogP contribution in [0.4, 0.5) is 0 Å². The smallest absolute Gasteiger partial charge is 0.223 e. The number of nitrogens with zero attached hydrogens (tertiary/aromatic N) is 5. The summed E-state index contributed by atoms with van der Waals surface area (Å²) in [6, 6.07) is 0. The van der Waals surface area contributed by atoms with Gasteiger partial charge in [0, 0.05) is 37.7 Å². The van der Waals surface area contributed by atoms with Crippen LogP contribution in [0, 0.1) is 0 Å². The highest BCUT2D eigenvalue weighted by Crippen LogP contribution is 2.28. The van der Waals surface area contributed by atoms with Crippen LogP contribution in [0.25, 0.3) is 0 Å². The quantitative estimate of drug-likeness (QED) is 0.742. The van der Waals surface area contributed by atoms with Crippen LogP contribution >= 0.6 is 11.8 Å². The first kappa shape index (κ1) is 18.7. The number of piperidine rings is 1.